The predicted octanol–water partition coefficient (Wildman–Crippen LogP) is 3.15. The van der Waals surface area contributed by atoms with Gasteiger partial charge in [-0.3, -0.25) is 0 Å². The van der Waals surface area contributed by atoms with E-state index >= 15 is 0 Å². The summed E-state index contributed by atoms with van der Waals surface area (Å²) in [5.41, 5.74) is 0.496. The molecule has 0 aromatic carbocycles. The molecule has 0 aliphatic heterocycles. The van der Waals surface area contributed by atoms with Gasteiger partial charge in [0.25, 0.3) is 0 Å². The highest BCUT2D eigenvalue weighted by Crippen LogP contribution is 2.20. The van der Waals surface area contributed by atoms with Gasteiger partial charge in [0.15, 0.2) is 0 Å². The average Bonchev–Trinajstić information content (AvgIpc) is 2.20. The first kappa shape index (κ1) is 13.4. The van der Waals surface area contributed by atoms with Crippen molar-refractivity contribution < 1.29 is 9.53 Å². The van der Waals surface area contributed by atoms with Crippen LogP contribution in [0.2, 0.25) is 18.1 Å². The second-order valence-corrected chi connectivity index (χ2v) is 9.33. The summed E-state index contributed by atoms with van der Waals surface area (Å²) in [6.45, 7) is 11.9. The molecule has 0 bridgehead atoms. The van der Waals surface area contributed by atoms with Gasteiger partial charge in [0.1, 0.15) is 0 Å². The van der Waals surface area contributed by atoms with Gasteiger partial charge in [-0.05, 0) is 6.92 Å². The van der Waals surface area contributed by atoms with Gasteiger partial charge >= 0.3 is 5.97 Å². The Kier molecular flexibility index (Phi) is 5.77. The van der Waals surface area contributed by atoms with Crippen LogP contribution in [0.4, 0.5) is 0 Å². The fourth-order valence-corrected chi connectivity index (χ4v) is 3.95. The molecule has 0 aromatic heterocycles. The molecule has 0 amide bonds. The fraction of sp³-hybridized carbons (Fsp3) is 0.727. The van der Waals surface area contributed by atoms with Crippen molar-refractivity contribution in [1.82, 2.24) is 0 Å². The molecule has 0 aromatic rings. The molecule has 0 saturated carbocycles. The monoisotopic (exact) mass is 214 g/mol. The van der Waals surface area contributed by atoms with Crippen LogP contribution in [0.1, 0.15) is 27.7 Å². The summed E-state index contributed by atoms with van der Waals surface area (Å²) in [5.74, 6) is -0.239. The highest BCUT2D eigenvalue weighted by atomic mass is 28.3. The van der Waals surface area contributed by atoms with Gasteiger partial charge in [0, 0.05) is 5.57 Å². The summed E-state index contributed by atoms with van der Waals surface area (Å²) >= 11 is 0. The van der Waals surface area contributed by atoms with Crippen molar-refractivity contribution in [2.75, 3.05) is 6.23 Å². The Morgan fingerprint density at radius 1 is 1.21 bits per heavy atom. The van der Waals surface area contributed by atoms with E-state index in [1.54, 1.807) is 6.92 Å². The Hall–Kier alpha value is -0.573. The van der Waals surface area contributed by atoms with Crippen molar-refractivity contribution in [2.45, 2.75) is 45.8 Å². The molecular formula is C11H22O2Si. The Morgan fingerprint density at radius 2 is 1.64 bits per heavy atom. The molecule has 0 saturated heterocycles. The predicted molar refractivity (Wildman–Crippen MR) is 63.0 cm³/mol. The Labute approximate surface area is 88.4 Å². The minimum absolute atomic E-state index is 0.239. The molecule has 2 nitrogen and oxygen atoms in total. The van der Waals surface area contributed by atoms with Crippen LogP contribution >= 0.6 is 0 Å². The number of rotatable bonds is 6. The number of esters is 1. The van der Waals surface area contributed by atoms with Crippen LogP contribution in [0.25, 0.3) is 0 Å². The molecular weight excluding hydrogens is 192 g/mol. The smallest absolute Gasteiger partial charge is 0.332 e. The van der Waals surface area contributed by atoms with E-state index in [1.165, 1.54) is 18.1 Å². The number of ether oxygens (including phenoxy) is 1. The van der Waals surface area contributed by atoms with Gasteiger partial charge in [-0.15, -0.1) is 0 Å². The van der Waals surface area contributed by atoms with E-state index in [-0.39, 0.29) is 5.97 Å². The lowest BCUT2D eigenvalue weighted by Gasteiger charge is -2.26. The number of hydrogen-bond acceptors (Lipinski definition) is 2. The van der Waals surface area contributed by atoms with E-state index in [1.807, 2.05) is 0 Å². The summed E-state index contributed by atoms with van der Waals surface area (Å²) in [7, 11) is -1.31. The van der Waals surface area contributed by atoms with Crippen molar-refractivity contribution in [3.05, 3.63) is 12.2 Å². The summed E-state index contributed by atoms with van der Waals surface area (Å²) in [6, 6.07) is 3.55. The molecule has 0 heterocycles. The van der Waals surface area contributed by atoms with E-state index in [0.717, 1.165) is 0 Å². The van der Waals surface area contributed by atoms with Gasteiger partial charge in [-0.25, -0.2) is 4.79 Å². The summed E-state index contributed by atoms with van der Waals surface area (Å²) in [5, 5.41) is 0. The Balaban J connectivity index is 4.19. The molecule has 82 valence electrons. The third-order valence-corrected chi connectivity index (χ3v) is 8.36. The maximum absolute atomic E-state index is 11.2. The maximum atomic E-state index is 11.2. The van der Waals surface area contributed by atoms with E-state index in [4.69, 9.17) is 4.74 Å². The summed E-state index contributed by atoms with van der Waals surface area (Å²) < 4.78 is 5.26. The zero-order valence-corrected chi connectivity index (χ0v) is 10.9. The molecule has 0 aliphatic carbocycles. The Bertz CT molecular complexity index is 199. The van der Waals surface area contributed by atoms with Crippen LogP contribution in [0, 0.1) is 0 Å². The van der Waals surface area contributed by atoms with Crippen LogP contribution in [0.3, 0.4) is 0 Å². The van der Waals surface area contributed by atoms with Crippen LogP contribution in [0.15, 0.2) is 12.2 Å². The molecule has 3 heteroatoms. The number of carbonyl (C=O) groups is 1. The molecule has 14 heavy (non-hydrogen) atoms. The van der Waals surface area contributed by atoms with E-state index in [9.17, 15) is 4.79 Å². The molecule has 0 spiro atoms. The standard InChI is InChI=1S/C11H22O2Si/c1-6-14(7-2,8-3)9-13-11(12)10(4)5/h4,6-9H2,1-3,5H3. The van der Waals surface area contributed by atoms with Crippen molar-refractivity contribution >= 4 is 14.0 Å². The van der Waals surface area contributed by atoms with Gasteiger partial charge < -0.3 is 4.74 Å². The van der Waals surface area contributed by atoms with Gasteiger partial charge in [-0.1, -0.05) is 45.5 Å². The van der Waals surface area contributed by atoms with Gasteiger partial charge in [0.2, 0.25) is 0 Å². The van der Waals surface area contributed by atoms with E-state index in [0.29, 0.717) is 11.8 Å². The molecule has 0 aliphatic rings. The van der Waals surface area contributed by atoms with Gasteiger partial charge in [0.05, 0.1) is 14.3 Å². The van der Waals surface area contributed by atoms with Crippen LogP contribution in [-0.2, 0) is 9.53 Å². The second-order valence-electron chi connectivity index (χ2n) is 3.92. The first-order valence-electron chi connectivity index (χ1n) is 5.34. The van der Waals surface area contributed by atoms with Crippen molar-refractivity contribution in [1.29, 1.82) is 0 Å². The first-order chi connectivity index (χ1) is 6.51. The van der Waals surface area contributed by atoms with Crippen LogP contribution in [0.5, 0.6) is 0 Å². The van der Waals surface area contributed by atoms with E-state index < -0.39 is 8.07 Å². The molecule has 0 rings (SSSR count). The molecule has 0 fully saturated rings. The summed E-state index contributed by atoms with van der Waals surface area (Å²) in [4.78, 5) is 11.2. The third-order valence-electron chi connectivity index (χ3n) is 3.11. The Morgan fingerprint density at radius 3 is 1.93 bits per heavy atom. The largest absolute Gasteiger partial charge is 0.466 e. The highest BCUT2D eigenvalue weighted by Gasteiger charge is 2.28. The maximum Gasteiger partial charge on any atom is 0.332 e. The van der Waals surface area contributed by atoms with Crippen molar-refractivity contribution in [3.8, 4) is 0 Å². The lowest BCUT2D eigenvalue weighted by Crippen LogP contribution is -2.38. The number of carbonyl (C=O) groups excluding carboxylic acids is 1. The average molecular weight is 214 g/mol. The fourth-order valence-electron chi connectivity index (χ4n) is 1.40. The molecule has 0 N–H and O–H groups in total. The van der Waals surface area contributed by atoms with Crippen LogP contribution in [-0.4, -0.2) is 20.3 Å². The van der Waals surface area contributed by atoms with E-state index in [2.05, 4.69) is 27.4 Å². The highest BCUT2D eigenvalue weighted by molar-refractivity contribution is 6.79. The summed E-state index contributed by atoms with van der Waals surface area (Å²) in [6.07, 6.45) is 0.655. The second kappa shape index (κ2) is 6.01. The van der Waals surface area contributed by atoms with Crippen molar-refractivity contribution in [3.63, 3.8) is 0 Å². The minimum Gasteiger partial charge on any atom is -0.466 e. The third kappa shape index (κ3) is 3.66. The van der Waals surface area contributed by atoms with Gasteiger partial charge in [-0.2, -0.15) is 0 Å². The zero-order chi connectivity index (χ0) is 11.2. The lowest BCUT2D eigenvalue weighted by atomic mass is 10.4. The SMILES string of the molecule is C=C(C)C(=O)OC[Si](CC)(CC)CC. The number of hydrogen-bond donors (Lipinski definition) is 0. The zero-order valence-electron chi connectivity index (χ0n) is 9.85. The quantitative estimate of drug-likeness (QED) is 0.386. The molecule has 0 atom stereocenters. The first-order valence-corrected chi connectivity index (χ1v) is 8.16. The topological polar surface area (TPSA) is 26.3 Å². The molecule has 0 radical (unpaired) electrons. The van der Waals surface area contributed by atoms with Crippen molar-refractivity contribution in [2.24, 2.45) is 0 Å². The van der Waals surface area contributed by atoms with Crippen LogP contribution < -0.4 is 0 Å². The lowest BCUT2D eigenvalue weighted by molar-refractivity contribution is -0.137. The molecule has 0 unspecified atom stereocenters. The normalized spacial score (nSPS) is 11.1. The minimum atomic E-state index is -1.31.